The molecule has 1 saturated heterocycles. The largest absolute Gasteiger partial charge is 0.324 e. The van der Waals surface area contributed by atoms with Crippen LogP contribution in [0.5, 0.6) is 0 Å². The van der Waals surface area contributed by atoms with Crippen LogP contribution in [0.3, 0.4) is 0 Å². The summed E-state index contributed by atoms with van der Waals surface area (Å²) in [6.07, 6.45) is 4.99. The molecule has 2 fully saturated rings. The minimum absolute atomic E-state index is 0.245. The number of hydrogen-bond acceptors (Lipinski definition) is 3. The Morgan fingerprint density at radius 1 is 1.50 bits per heavy atom. The average Bonchev–Trinajstić information content (AvgIpc) is 2.52. The van der Waals surface area contributed by atoms with Crippen molar-refractivity contribution < 1.29 is 4.79 Å². The van der Waals surface area contributed by atoms with Crippen LogP contribution in [0.2, 0.25) is 0 Å². The van der Waals surface area contributed by atoms with Gasteiger partial charge in [0.1, 0.15) is 0 Å². The lowest BCUT2D eigenvalue weighted by Gasteiger charge is -2.49. The summed E-state index contributed by atoms with van der Waals surface area (Å²) in [5, 5.41) is 3.27. The Morgan fingerprint density at radius 3 is 2.62 bits per heavy atom. The summed E-state index contributed by atoms with van der Waals surface area (Å²) in [7, 11) is 4.27. The van der Waals surface area contributed by atoms with Gasteiger partial charge >= 0.3 is 0 Å². The third kappa shape index (κ3) is 1.84. The molecule has 0 radical (unpaired) electrons. The Hall–Kier alpha value is -0.610. The molecule has 16 heavy (non-hydrogen) atoms. The highest BCUT2D eigenvalue weighted by atomic mass is 16.2. The van der Waals surface area contributed by atoms with Gasteiger partial charge in [0.05, 0.1) is 12.7 Å². The third-order valence-electron chi connectivity index (χ3n) is 4.27. The molecule has 1 unspecified atom stereocenters. The van der Waals surface area contributed by atoms with E-state index in [1.165, 1.54) is 19.3 Å². The summed E-state index contributed by atoms with van der Waals surface area (Å²) in [5.41, 5.74) is 0.245. The van der Waals surface area contributed by atoms with Crippen molar-refractivity contribution >= 4 is 5.91 Å². The molecule has 1 N–H and O–H groups in total. The van der Waals surface area contributed by atoms with Crippen LogP contribution in [0.4, 0.5) is 0 Å². The van der Waals surface area contributed by atoms with Gasteiger partial charge in [-0.25, -0.2) is 0 Å². The van der Waals surface area contributed by atoms with Gasteiger partial charge in [-0.05, 0) is 39.8 Å². The van der Waals surface area contributed by atoms with Crippen molar-refractivity contribution in [1.82, 2.24) is 15.1 Å². The van der Waals surface area contributed by atoms with E-state index >= 15 is 0 Å². The molecule has 1 saturated carbocycles. The predicted octanol–water partition coefficient (Wildman–Crippen LogP) is 0.639. The standard InChI is InChI=1S/C12H23N3O/c1-4-10-13-8-11(16)15(10)9-12(14(2)3)6-5-7-12/h10,13H,4-9H2,1-3H3. The second-order valence-electron chi connectivity index (χ2n) is 5.30. The molecule has 1 aliphatic carbocycles. The van der Waals surface area contributed by atoms with E-state index < -0.39 is 0 Å². The molecule has 1 aliphatic heterocycles. The number of rotatable bonds is 4. The van der Waals surface area contributed by atoms with E-state index in [2.05, 4.69) is 31.2 Å². The fraction of sp³-hybridized carbons (Fsp3) is 0.917. The molecule has 0 aromatic rings. The van der Waals surface area contributed by atoms with Gasteiger partial charge in [0.15, 0.2) is 0 Å². The Balaban J connectivity index is 2.04. The lowest BCUT2D eigenvalue weighted by atomic mass is 9.75. The highest BCUT2D eigenvalue weighted by molar-refractivity contribution is 5.80. The molecule has 4 heteroatoms. The van der Waals surface area contributed by atoms with Crippen molar-refractivity contribution in [2.45, 2.75) is 44.3 Å². The molecule has 4 nitrogen and oxygen atoms in total. The van der Waals surface area contributed by atoms with Gasteiger partial charge in [0.25, 0.3) is 0 Å². The van der Waals surface area contributed by atoms with Gasteiger partial charge in [0, 0.05) is 12.1 Å². The quantitative estimate of drug-likeness (QED) is 0.762. The minimum Gasteiger partial charge on any atom is -0.324 e. The van der Waals surface area contributed by atoms with Crippen LogP contribution >= 0.6 is 0 Å². The van der Waals surface area contributed by atoms with E-state index in [1.807, 2.05) is 4.90 Å². The first-order valence-corrected chi connectivity index (χ1v) is 6.29. The van der Waals surface area contributed by atoms with Crippen molar-refractivity contribution in [2.24, 2.45) is 0 Å². The van der Waals surface area contributed by atoms with Crippen molar-refractivity contribution in [3.63, 3.8) is 0 Å². The maximum atomic E-state index is 11.8. The van der Waals surface area contributed by atoms with E-state index in [4.69, 9.17) is 0 Å². The van der Waals surface area contributed by atoms with Crippen molar-refractivity contribution in [2.75, 3.05) is 27.2 Å². The van der Waals surface area contributed by atoms with Crippen molar-refractivity contribution in [3.8, 4) is 0 Å². The first kappa shape index (κ1) is 11.9. The van der Waals surface area contributed by atoms with Crippen LogP contribution in [0.1, 0.15) is 32.6 Å². The highest BCUT2D eigenvalue weighted by Crippen LogP contribution is 2.37. The maximum Gasteiger partial charge on any atom is 0.237 e. The predicted molar refractivity (Wildman–Crippen MR) is 64.1 cm³/mol. The second kappa shape index (κ2) is 4.34. The molecule has 2 aliphatic rings. The summed E-state index contributed by atoms with van der Waals surface area (Å²) in [5.74, 6) is 0.264. The van der Waals surface area contributed by atoms with Crippen LogP contribution in [0.25, 0.3) is 0 Å². The molecule has 0 aromatic carbocycles. The Kier molecular flexibility index (Phi) is 3.22. The lowest BCUT2D eigenvalue weighted by molar-refractivity contribution is -0.131. The summed E-state index contributed by atoms with van der Waals surface area (Å²) in [6, 6.07) is 0. The SMILES string of the molecule is CCC1NCC(=O)N1CC1(N(C)C)CCC1. The molecular weight excluding hydrogens is 202 g/mol. The normalized spacial score (nSPS) is 28.6. The molecule has 1 atom stereocenters. The zero-order valence-corrected chi connectivity index (χ0v) is 10.6. The summed E-state index contributed by atoms with van der Waals surface area (Å²) < 4.78 is 0. The van der Waals surface area contributed by atoms with E-state index in [1.54, 1.807) is 0 Å². The molecule has 0 spiro atoms. The van der Waals surface area contributed by atoms with Crippen molar-refractivity contribution in [1.29, 1.82) is 0 Å². The number of carbonyl (C=O) groups excluding carboxylic acids is 1. The van der Waals surface area contributed by atoms with Crippen LogP contribution < -0.4 is 5.32 Å². The van der Waals surface area contributed by atoms with Crippen LogP contribution in [-0.2, 0) is 4.79 Å². The topological polar surface area (TPSA) is 35.6 Å². The molecule has 92 valence electrons. The monoisotopic (exact) mass is 225 g/mol. The lowest BCUT2D eigenvalue weighted by Crippen LogP contribution is -2.59. The first-order chi connectivity index (χ1) is 7.59. The number of nitrogens with zero attached hydrogens (tertiary/aromatic N) is 2. The second-order valence-corrected chi connectivity index (χ2v) is 5.30. The number of likely N-dealkylation sites (N-methyl/N-ethyl adjacent to an activating group) is 1. The fourth-order valence-corrected chi connectivity index (χ4v) is 2.80. The average molecular weight is 225 g/mol. The smallest absolute Gasteiger partial charge is 0.237 e. The van der Waals surface area contributed by atoms with Crippen LogP contribution in [0, 0.1) is 0 Å². The van der Waals surface area contributed by atoms with Crippen molar-refractivity contribution in [3.05, 3.63) is 0 Å². The summed E-state index contributed by atoms with van der Waals surface area (Å²) in [6.45, 7) is 3.54. The molecular formula is C12H23N3O. The molecule has 1 amide bonds. The van der Waals surface area contributed by atoms with E-state index in [9.17, 15) is 4.79 Å². The third-order valence-corrected chi connectivity index (χ3v) is 4.27. The number of hydrogen-bond donors (Lipinski definition) is 1. The van der Waals surface area contributed by atoms with E-state index in [-0.39, 0.29) is 17.6 Å². The molecule has 0 aromatic heterocycles. The van der Waals surface area contributed by atoms with Gasteiger partial charge < -0.3 is 9.80 Å². The van der Waals surface area contributed by atoms with Crippen LogP contribution in [0.15, 0.2) is 0 Å². The maximum absolute atomic E-state index is 11.8. The zero-order valence-electron chi connectivity index (χ0n) is 10.6. The van der Waals surface area contributed by atoms with Gasteiger partial charge in [0.2, 0.25) is 5.91 Å². The number of carbonyl (C=O) groups is 1. The molecule has 2 rings (SSSR count). The zero-order chi connectivity index (χ0) is 11.8. The first-order valence-electron chi connectivity index (χ1n) is 6.29. The van der Waals surface area contributed by atoms with Gasteiger partial charge in [-0.3, -0.25) is 10.1 Å². The van der Waals surface area contributed by atoms with Gasteiger partial charge in [-0.15, -0.1) is 0 Å². The highest BCUT2D eigenvalue weighted by Gasteiger charge is 2.43. The summed E-state index contributed by atoms with van der Waals surface area (Å²) in [4.78, 5) is 16.2. The number of amides is 1. The Labute approximate surface area is 98.0 Å². The Morgan fingerprint density at radius 2 is 2.19 bits per heavy atom. The van der Waals surface area contributed by atoms with Gasteiger partial charge in [-0.1, -0.05) is 6.92 Å². The molecule has 1 heterocycles. The molecule has 0 bridgehead atoms. The van der Waals surface area contributed by atoms with E-state index in [0.29, 0.717) is 6.54 Å². The fourth-order valence-electron chi connectivity index (χ4n) is 2.80. The van der Waals surface area contributed by atoms with E-state index in [0.717, 1.165) is 13.0 Å². The minimum atomic E-state index is 0.245. The number of nitrogens with one attached hydrogen (secondary N) is 1. The van der Waals surface area contributed by atoms with Crippen LogP contribution in [-0.4, -0.2) is 54.6 Å². The summed E-state index contributed by atoms with van der Waals surface area (Å²) >= 11 is 0. The van der Waals surface area contributed by atoms with Gasteiger partial charge in [-0.2, -0.15) is 0 Å². The Bertz CT molecular complexity index is 273.